The number of amidine groups is 1. The molecule has 2 aliphatic heterocycles. The zero-order valence-electron chi connectivity index (χ0n) is 15.1. The van der Waals surface area contributed by atoms with Gasteiger partial charge in [-0.25, -0.2) is 15.3 Å². The molecular formula is C19H27N5O2. The van der Waals surface area contributed by atoms with Gasteiger partial charge >= 0.3 is 0 Å². The molecule has 1 spiro atoms. The van der Waals surface area contributed by atoms with Crippen molar-refractivity contribution >= 4 is 11.7 Å². The van der Waals surface area contributed by atoms with E-state index < -0.39 is 5.72 Å². The molecule has 1 amide bonds. The Labute approximate surface area is 154 Å². The minimum absolute atomic E-state index is 0.149. The van der Waals surface area contributed by atoms with Crippen LogP contribution in [0.4, 0.5) is 0 Å². The fourth-order valence-electron chi connectivity index (χ4n) is 4.00. The van der Waals surface area contributed by atoms with Crippen LogP contribution in [0.3, 0.4) is 0 Å². The lowest BCUT2D eigenvalue weighted by molar-refractivity contribution is -0.126. The summed E-state index contributed by atoms with van der Waals surface area (Å²) < 4.78 is 0. The lowest BCUT2D eigenvalue weighted by atomic mass is 9.95. The third-order valence-corrected chi connectivity index (χ3v) is 5.54. The van der Waals surface area contributed by atoms with Crippen molar-refractivity contribution < 1.29 is 9.63 Å². The SMILES string of the molecule is O=C(CN1CCC2(CC1)N=C(c1ccccn1)NO2)NC1CCCCC1. The van der Waals surface area contributed by atoms with Crippen molar-refractivity contribution in [2.24, 2.45) is 4.99 Å². The zero-order chi connectivity index (χ0) is 17.8. The van der Waals surface area contributed by atoms with Crippen molar-refractivity contribution in [3.05, 3.63) is 30.1 Å². The summed E-state index contributed by atoms with van der Waals surface area (Å²) in [5.74, 6) is 0.838. The molecule has 0 bridgehead atoms. The highest BCUT2D eigenvalue weighted by Gasteiger charge is 2.41. The first-order valence-electron chi connectivity index (χ1n) is 9.69. The van der Waals surface area contributed by atoms with Crippen molar-refractivity contribution in [1.29, 1.82) is 0 Å². The summed E-state index contributed by atoms with van der Waals surface area (Å²) in [5, 5.41) is 3.20. The Morgan fingerprint density at radius 3 is 2.81 bits per heavy atom. The molecule has 2 fully saturated rings. The quantitative estimate of drug-likeness (QED) is 0.856. The van der Waals surface area contributed by atoms with Crippen LogP contribution in [0.5, 0.6) is 0 Å². The van der Waals surface area contributed by atoms with E-state index in [1.165, 1.54) is 19.3 Å². The maximum atomic E-state index is 12.3. The van der Waals surface area contributed by atoms with E-state index in [9.17, 15) is 4.79 Å². The molecule has 1 aromatic rings. The summed E-state index contributed by atoms with van der Waals surface area (Å²) >= 11 is 0. The van der Waals surface area contributed by atoms with Crippen molar-refractivity contribution in [3.63, 3.8) is 0 Å². The highest BCUT2D eigenvalue weighted by molar-refractivity contribution is 5.97. The van der Waals surface area contributed by atoms with E-state index in [2.05, 4.69) is 20.7 Å². The van der Waals surface area contributed by atoms with Gasteiger partial charge in [-0.2, -0.15) is 0 Å². The predicted molar refractivity (Wildman–Crippen MR) is 98.4 cm³/mol. The second-order valence-corrected chi connectivity index (χ2v) is 7.50. The normalized spacial score (nSPS) is 23.5. The predicted octanol–water partition coefficient (Wildman–Crippen LogP) is 1.60. The van der Waals surface area contributed by atoms with Gasteiger partial charge in [-0.3, -0.25) is 14.7 Å². The molecule has 1 aliphatic carbocycles. The van der Waals surface area contributed by atoms with Crippen LogP contribution in [-0.2, 0) is 9.63 Å². The molecule has 0 atom stereocenters. The van der Waals surface area contributed by atoms with E-state index in [1.807, 2.05) is 18.2 Å². The fraction of sp³-hybridized carbons (Fsp3) is 0.632. The maximum Gasteiger partial charge on any atom is 0.234 e. The van der Waals surface area contributed by atoms with E-state index >= 15 is 0 Å². The van der Waals surface area contributed by atoms with E-state index in [4.69, 9.17) is 9.83 Å². The van der Waals surface area contributed by atoms with E-state index in [1.54, 1.807) is 6.20 Å². The van der Waals surface area contributed by atoms with Crippen LogP contribution in [0.2, 0.25) is 0 Å². The average Bonchev–Trinajstić information content (AvgIpc) is 3.09. The number of carbonyl (C=O) groups excluding carboxylic acids is 1. The molecule has 2 N–H and O–H groups in total. The van der Waals surface area contributed by atoms with Crippen LogP contribution in [0.25, 0.3) is 0 Å². The van der Waals surface area contributed by atoms with Gasteiger partial charge in [0, 0.05) is 38.2 Å². The standard InChI is InChI=1S/C19H27N5O2/c25-17(21-15-6-2-1-3-7-15)14-24-12-9-19(10-13-24)22-18(23-26-19)16-8-4-5-11-20-16/h4-5,8,11,15H,1-3,6-7,9-10,12-14H2,(H,21,25)(H,22,23). The molecule has 0 unspecified atom stereocenters. The Kier molecular flexibility index (Phi) is 5.17. The molecule has 7 heteroatoms. The number of nitrogens with one attached hydrogen (secondary N) is 2. The zero-order valence-corrected chi connectivity index (χ0v) is 15.1. The molecule has 1 saturated heterocycles. The highest BCUT2D eigenvalue weighted by atomic mass is 16.7. The van der Waals surface area contributed by atoms with Gasteiger partial charge in [0.15, 0.2) is 11.6 Å². The summed E-state index contributed by atoms with van der Waals surface area (Å²) in [5.41, 5.74) is 3.20. The number of pyridine rings is 1. The van der Waals surface area contributed by atoms with Gasteiger partial charge in [0.2, 0.25) is 5.91 Å². The summed E-state index contributed by atoms with van der Waals surface area (Å²) in [7, 11) is 0. The number of nitrogens with zero attached hydrogens (tertiary/aromatic N) is 3. The van der Waals surface area contributed by atoms with Crippen LogP contribution in [0.15, 0.2) is 29.4 Å². The Balaban J connectivity index is 1.27. The number of amides is 1. The lowest BCUT2D eigenvalue weighted by Crippen LogP contribution is -2.49. The molecular weight excluding hydrogens is 330 g/mol. The van der Waals surface area contributed by atoms with Crippen LogP contribution in [0.1, 0.15) is 50.6 Å². The summed E-state index contributed by atoms with van der Waals surface area (Å²) in [4.78, 5) is 29.4. The molecule has 0 aromatic carbocycles. The van der Waals surface area contributed by atoms with Crippen LogP contribution >= 0.6 is 0 Å². The van der Waals surface area contributed by atoms with Gasteiger partial charge in [-0.15, -0.1) is 0 Å². The Morgan fingerprint density at radius 2 is 2.08 bits per heavy atom. The Bertz CT molecular complexity index is 649. The van der Waals surface area contributed by atoms with Crippen molar-refractivity contribution in [2.45, 2.75) is 56.7 Å². The number of aliphatic imine (C=N–C) groups is 1. The maximum absolute atomic E-state index is 12.3. The Hall–Kier alpha value is -1.99. The van der Waals surface area contributed by atoms with E-state index in [-0.39, 0.29) is 5.91 Å². The van der Waals surface area contributed by atoms with Crippen LogP contribution < -0.4 is 10.8 Å². The molecule has 3 aliphatic rings. The van der Waals surface area contributed by atoms with Crippen LogP contribution in [0, 0.1) is 0 Å². The number of likely N-dealkylation sites (tertiary alicyclic amines) is 1. The van der Waals surface area contributed by atoms with Crippen molar-refractivity contribution in [1.82, 2.24) is 20.7 Å². The van der Waals surface area contributed by atoms with Gasteiger partial charge in [-0.05, 0) is 25.0 Å². The van der Waals surface area contributed by atoms with Gasteiger partial charge in [0.25, 0.3) is 0 Å². The first-order chi connectivity index (χ1) is 12.7. The van der Waals surface area contributed by atoms with Crippen LogP contribution in [-0.4, -0.2) is 53.0 Å². The number of carbonyl (C=O) groups is 1. The van der Waals surface area contributed by atoms with Crippen molar-refractivity contribution in [3.8, 4) is 0 Å². The number of hydrogen-bond acceptors (Lipinski definition) is 6. The number of hydroxylamine groups is 1. The van der Waals surface area contributed by atoms with Gasteiger partial charge in [-0.1, -0.05) is 25.3 Å². The van der Waals surface area contributed by atoms with Gasteiger partial charge < -0.3 is 5.32 Å². The molecule has 7 nitrogen and oxygen atoms in total. The number of aromatic nitrogens is 1. The topological polar surface area (TPSA) is 78.9 Å². The number of rotatable bonds is 4. The number of piperidine rings is 1. The van der Waals surface area contributed by atoms with Gasteiger partial charge in [0.05, 0.1) is 6.54 Å². The second kappa shape index (κ2) is 7.72. The molecule has 4 rings (SSSR count). The lowest BCUT2D eigenvalue weighted by Gasteiger charge is -2.35. The smallest absolute Gasteiger partial charge is 0.234 e. The summed E-state index contributed by atoms with van der Waals surface area (Å²) in [6.07, 6.45) is 9.31. The molecule has 3 heterocycles. The molecule has 140 valence electrons. The third-order valence-electron chi connectivity index (χ3n) is 5.54. The molecule has 0 radical (unpaired) electrons. The summed E-state index contributed by atoms with van der Waals surface area (Å²) in [6, 6.07) is 6.11. The largest absolute Gasteiger partial charge is 0.352 e. The first-order valence-corrected chi connectivity index (χ1v) is 9.69. The fourth-order valence-corrected chi connectivity index (χ4v) is 4.00. The Morgan fingerprint density at radius 1 is 1.27 bits per heavy atom. The monoisotopic (exact) mass is 357 g/mol. The highest BCUT2D eigenvalue weighted by Crippen LogP contribution is 2.30. The third kappa shape index (κ3) is 4.04. The number of hydrogen-bond donors (Lipinski definition) is 2. The van der Waals surface area contributed by atoms with E-state index in [0.29, 0.717) is 18.4 Å². The van der Waals surface area contributed by atoms with Crippen molar-refractivity contribution in [2.75, 3.05) is 19.6 Å². The first kappa shape index (κ1) is 17.4. The minimum Gasteiger partial charge on any atom is -0.352 e. The molecule has 1 saturated carbocycles. The van der Waals surface area contributed by atoms with E-state index in [0.717, 1.165) is 44.5 Å². The van der Waals surface area contributed by atoms with Gasteiger partial charge in [0.1, 0.15) is 5.69 Å². The molecule has 1 aromatic heterocycles. The molecule has 26 heavy (non-hydrogen) atoms. The average molecular weight is 357 g/mol. The minimum atomic E-state index is -0.525. The summed E-state index contributed by atoms with van der Waals surface area (Å²) in [6.45, 7) is 2.08. The second-order valence-electron chi connectivity index (χ2n) is 7.50.